The normalized spacial score (nSPS) is 13.7. The van der Waals surface area contributed by atoms with Crippen LogP contribution < -0.4 is 33.2 Å². The first-order valence-corrected chi connectivity index (χ1v) is 8.75. The fraction of sp³-hybridized carbons (Fsp3) is 0.625. The summed E-state index contributed by atoms with van der Waals surface area (Å²) in [6, 6.07) is -3.91. The molecular weight excluding hydrogens is 388 g/mol. The van der Waals surface area contributed by atoms with Gasteiger partial charge in [0.15, 0.2) is 0 Å². The van der Waals surface area contributed by atoms with Crippen LogP contribution in [0.5, 0.6) is 0 Å². The SMILES string of the molecule is CC(C)CC(NC(=O)C(CC(N)=O)NC(=O)CNC(=O)C(N)CC(N)=O)C(=O)O. The van der Waals surface area contributed by atoms with Crippen LogP contribution in [0.3, 0.4) is 0 Å². The molecule has 5 amide bonds. The molecule has 0 aliphatic rings. The molecule has 13 nitrogen and oxygen atoms in total. The maximum atomic E-state index is 12.3. The van der Waals surface area contributed by atoms with Crippen LogP contribution in [0.1, 0.15) is 33.1 Å². The molecule has 0 aromatic carbocycles. The minimum Gasteiger partial charge on any atom is -0.480 e. The minimum absolute atomic E-state index is 0.0413. The van der Waals surface area contributed by atoms with Crippen LogP contribution >= 0.6 is 0 Å². The first kappa shape index (κ1) is 25.8. The third-order valence-corrected chi connectivity index (χ3v) is 3.56. The number of aliphatic carboxylic acids is 1. The summed E-state index contributed by atoms with van der Waals surface area (Å²) >= 11 is 0. The molecule has 0 aromatic heterocycles. The van der Waals surface area contributed by atoms with Crippen LogP contribution in [0.4, 0.5) is 0 Å². The van der Waals surface area contributed by atoms with Gasteiger partial charge in [-0.1, -0.05) is 13.8 Å². The number of carboxylic acids is 1. The molecule has 0 radical (unpaired) electrons. The lowest BCUT2D eigenvalue weighted by Crippen LogP contribution is -2.55. The molecule has 3 atom stereocenters. The second kappa shape index (κ2) is 12.3. The van der Waals surface area contributed by atoms with E-state index in [1.165, 1.54) is 0 Å². The van der Waals surface area contributed by atoms with Crippen LogP contribution in [0.2, 0.25) is 0 Å². The summed E-state index contributed by atoms with van der Waals surface area (Å²) in [5.74, 6) is -5.62. The van der Waals surface area contributed by atoms with Crippen molar-refractivity contribution in [1.29, 1.82) is 0 Å². The summed E-state index contributed by atoms with van der Waals surface area (Å²) in [5, 5.41) is 15.8. The maximum Gasteiger partial charge on any atom is 0.326 e. The largest absolute Gasteiger partial charge is 0.480 e. The number of rotatable bonds is 13. The third-order valence-electron chi connectivity index (χ3n) is 3.56. The molecule has 0 aliphatic heterocycles. The second-order valence-electron chi connectivity index (χ2n) is 6.81. The summed E-state index contributed by atoms with van der Waals surface area (Å²) in [6.07, 6.45) is -0.876. The van der Waals surface area contributed by atoms with Gasteiger partial charge in [0.2, 0.25) is 29.5 Å². The van der Waals surface area contributed by atoms with Crippen molar-refractivity contribution in [3.05, 3.63) is 0 Å². The van der Waals surface area contributed by atoms with Gasteiger partial charge in [0.1, 0.15) is 12.1 Å². The Morgan fingerprint density at radius 3 is 1.86 bits per heavy atom. The monoisotopic (exact) mass is 416 g/mol. The molecule has 0 saturated carbocycles. The fourth-order valence-electron chi connectivity index (χ4n) is 2.23. The van der Waals surface area contributed by atoms with Gasteiger partial charge in [-0.2, -0.15) is 0 Å². The van der Waals surface area contributed by atoms with Crippen LogP contribution in [0.25, 0.3) is 0 Å². The predicted octanol–water partition coefficient (Wildman–Crippen LogP) is -3.72. The predicted molar refractivity (Wildman–Crippen MR) is 99.6 cm³/mol. The molecule has 0 spiro atoms. The molecule has 0 heterocycles. The number of primary amides is 2. The number of hydrogen-bond acceptors (Lipinski definition) is 7. The van der Waals surface area contributed by atoms with Gasteiger partial charge in [-0.15, -0.1) is 0 Å². The number of nitrogens with two attached hydrogens (primary N) is 3. The number of carbonyl (C=O) groups is 6. The topological polar surface area (TPSA) is 237 Å². The average Bonchev–Trinajstić information content (AvgIpc) is 2.56. The third kappa shape index (κ3) is 11.3. The lowest BCUT2D eigenvalue weighted by Gasteiger charge is -2.22. The Bertz CT molecular complexity index is 652. The number of hydrogen-bond donors (Lipinski definition) is 7. The average molecular weight is 416 g/mol. The van der Waals surface area contributed by atoms with E-state index in [1.54, 1.807) is 13.8 Å². The molecule has 0 bridgehead atoms. The van der Waals surface area contributed by atoms with Crippen molar-refractivity contribution in [2.45, 2.75) is 51.2 Å². The molecule has 164 valence electrons. The van der Waals surface area contributed by atoms with E-state index in [-0.39, 0.29) is 12.3 Å². The van der Waals surface area contributed by atoms with E-state index < -0.39 is 73.0 Å². The first-order chi connectivity index (χ1) is 13.3. The molecule has 29 heavy (non-hydrogen) atoms. The highest BCUT2D eigenvalue weighted by Crippen LogP contribution is 2.06. The van der Waals surface area contributed by atoms with E-state index in [4.69, 9.17) is 17.2 Å². The first-order valence-electron chi connectivity index (χ1n) is 8.75. The summed E-state index contributed by atoms with van der Waals surface area (Å²) in [6.45, 7) is 2.91. The summed E-state index contributed by atoms with van der Waals surface area (Å²) in [5.41, 5.74) is 15.4. The van der Waals surface area contributed by atoms with Crippen molar-refractivity contribution < 1.29 is 33.9 Å². The van der Waals surface area contributed by atoms with Crippen LogP contribution in [-0.2, 0) is 28.8 Å². The molecule has 0 fully saturated rings. The fourth-order valence-corrected chi connectivity index (χ4v) is 2.23. The standard InChI is InChI=1S/C16H28N6O7/c1-7(2)3-10(16(28)29)22-15(27)9(5-12(19)24)21-13(25)6-20-14(26)8(17)4-11(18)23/h7-10H,3-6,17H2,1-2H3,(H2,18,23)(H2,19,24)(H,20,26)(H,21,25)(H,22,27)(H,28,29). The Morgan fingerprint density at radius 2 is 1.41 bits per heavy atom. The lowest BCUT2D eigenvalue weighted by atomic mass is 10.0. The lowest BCUT2D eigenvalue weighted by molar-refractivity contribution is -0.142. The Morgan fingerprint density at radius 1 is 0.862 bits per heavy atom. The molecular formula is C16H28N6O7. The number of nitrogens with one attached hydrogen (secondary N) is 3. The summed E-state index contributed by atoms with van der Waals surface area (Å²) < 4.78 is 0. The van der Waals surface area contributed by atoms with Gasteiger partial charge in [-0.05, 0) is 12.3 Å². The van der Waals surface area contributed by atoms with Crippen molar-refractivity contribution >= 4 is 35.5 Å². The molecule has 0 rings (SSSR count). The second-order valence-corrected chi connectivity index (χ2v) is 6.81. The van der Waals surface area contributed by atoms with Gasteiger partial charge < -0.3 is 38.3 Å². The molecule has 13 heteroatoms. The number of carboxylic acid groups (broad SMARTS) is 1. The van der Waals surface area contributed by atoms with Crippen LogP contribution in [-0.4, -0.2) is 65.3 Å². The highest BCUT2D eigenvalue weighted by molar-refractivity contribution is 5.95. The van der Waals surface area contributed by atoms with Gasteiger partial charge in [0, 0.05) is 0 Å². The highest BCUT2D eigenvalue weighted by atomic mass is 16.4. The number of amides is 5. The minimum atomic E-state index is -1.44. The zero-order valence-corrected chi connectivity index (χ0v) is 16.3. The van der Waals surface area contributed by atoms with E-state index in [1.807, 2.05) is 0 Å². The van der Waals surface area contributed by atoms with Gasteiger partial charge in [-0.25, -0.2) is 4.79 Å². The molecule has 10 N–H and O–H groups in total. The summed E-state index contributed by atoms with van der Waals surface area (Å²) in [7, 11) is 0. The quantitative estimate of drug-likeness (QED) is 0.157. The Labute approximate surface area is 167 Å². The van der Waals surface area contributed by atoms with Gasteiger partial charge >= 0.3 is 5.97 Å². The van der Waals surface area contributed by atoms with Crippen molar-refractivity contribution in [2.24, 2.45) is 23.1 Å². The van der Waals surface area contributed by atoms with Crippen molar-refractivity contribution in [2.75, 3.05) is 6.54 Å². The van der Waals surface area contributed by atoms with Gasteiger partial charge in [-0.3, -0.25) is 24.0 Å². The van der Waals surface area contributed by atoms with Gasteiger partial charge in [0.25, 0.3) is 0 Å². The maximum absolute atomic E-state index is 12.3. The van der Waals surface area contributed by atoms with Crippen LogP contribution in [0, 0.1) is 5.92 Å². The zero-order valence-electron chi connectivity index (χ0n) is 16.3. The summed E-state index contributed by atoms with van der Waals surface area (Å²) in [4.78, 5) is 69.2. The molecule has 0 saturated heterocycles. The molecule has 0 aromatic rings. The zero-order chi connectivity index (χ0) is 22.7. The molecule has 0 aliphatic carbocycles. The smallest absolute Gasteiger partial charge is 0.326 e. The van der Waals surface area contributed by atoms with Crippen molar-refractivity contribution in [1.82, 2.24) is 16.0 Å². The van der Waals surface area contributed by atoms with Crippen molar-refractivity contribution in [3.63, 3.8) is 0 Å². The van der Waals surface area contributed by atoms with Gasteiger partial charge in [0.05, 0.1) is 25.4 Å². The molecule has 3 unspecified atom stereocenters. The highest BCUT2D eigenvalue weighted by Gasteiger charge is 2.28. The van der Waals surface area contributed by atoms with Crippen molar-refractivity contribution in [3.8, 4) is 0 Å². The Kier molecular flexibility index (Phi) is 10.9. The Hall–Kier alpha value is -3.22. The van der Waals surface area contributed by atoms with E-state index in [9.17, 15) is 33.9 Å². The van der Waals surface area contributed by atoms with E-state index in [0.29, 0.717) is 0 Å². The van der Waals surface area contributed by atoms with E-state index in [0.717, 1.165) is 0 Å². The Balaban J connectivity index is 4.92. The van der Waals surface area contributed by atoms with Crippen LogP contribution in [0.15, 0.2) is 0 Å². The number of carbonyl (C=O) groups excluding carboxylic acids is 5. The van der Waals surface area contributed by atoms with E-state index >= 15 is 0 Å². The van der Waals surface area contributed by atoms with E-state index in [2.05, 4.69) is 16.0 Å².